The molecule has 2 aromatic rings. The van der Waals surface area contributed by atoms with E-state index in [1.165, 1.54) is 0 Å². The summed E-state index contributed by atoms with van der Waals surface area (Å²) in [5.41, 5.74) is 5.50. The molecule has 0 aliphatic carbocycles. The Kier molecular flexibility index (Phi) is 4.23. The number of fused-ring (bicyclic) bond motifs is 1. The molecule has 2 rings (SSSR count). The lowest BCUT2D eigenvalue weighted by Crippen LogP contribution is -2.26. The summed E-state index contributed by atoms with van der Waals surface area (Å²) in [6, 6.07) is 10.6. The number of hydrogen-bond acceptors (Lipinski definition) is 3. The lowest BCUT2D eigenvalue weighted by atomic mass is 10.0. The molecule has 0 aromatic heterocycles. The molecule has 108 valence electrons. The summed E-state index contributed by atoms with van der Waals surface area (Å²) in [4.78, 5) is 22.9. The maximum Gasteiger partial charge on any atom is 0.255 e. The number of phenolic OH excluding ortho intramolecular Hbond substituents is 1. The zero-order chi connectivity index (χ0) is 15.4. The van der Waals surface area contributed by atoms with Gasteiger partial charge in [0.05, 0.1) is 5.56 Å². The molecule has 21 heavy (non-hydrogen) atoms. The van der Waals surface area contributed by atoms with Crippen LogP contribution in [-0.4, -0.2) is 23.5 Å². The van der Waals surface area contributed by atoms with E-state index in [0.717, 1.165) is 5.39 Å². The highest BCUT2D eigenvalue weighted by Crippen LogP contribution is 2.28. The van der Waals surface area contributed by atoms with E-state index >= 15 is 0 Å². The van der Waals surface area contributed by atoms with E-state index in [1.54, 1.807) is 24.3 Å². The van der Waals surface area contributed by atoms with Gasteiger partial charge in [0.25, 0.3) is 5.91 Å². The van der Waals surface area contributed by atoms with Gasteiger partial charge in [0, 0.05) is 17.5 Å². The number of hydrogen-bond donors (Lipinski definition) is 3. The molecular formula is C16H16N2O3. The van der Waals surface area contributed by atoms with Crippen molar-refractivity contribution in [3.8, 4) is 5.75 Å². The molecule has 0 heterocycles. The van der Waals surface area contributed by atoms with Crippen LogP contribution in [0.2, 0.25) is 0 Å². The molecule has 2 amide bonds. The Morgan fingerprint density at radius 3 is 2.62 bits per heavy atom. The number of carbonyl (C=O) groups is 2. The lowest BCUT2D eigenvalue weighted by Gasteiger charge is -2.09. The summed E-state index contributed by atoms with van der Waals surface area (Å²) in [6.07, 6.45) is 0.273. The lowest BCUT2D eigenvalue weighted by molar-refractivity contribution is -0.114. The summed E-state index contributed by atoms with van der Waals surface area (Å²) in [6.45, 7) is 3.74. The van der Waals surface area contributed by atoms with Crippen LogP contribution in [-0.2, 0) is 4.79 Å². The zero-order valence-corrected chi connectivity index (χ0v) is 11.4. The van der Waals surface area contributed by atoms with Crippen molar-refractivity contribution in [2.24, 2.45) is 5.73 Å². The van der Waals surface area contributed by atoms with E-state index < -0.39 is 11.8 Å². The molecule has 0 saturated carbocycles. The van der Waals surface area contributed by atoms with Crippen molar-refractivity contribution in [2.45, 2.75) is 6.42 Å². The number of benzene rings is 2. The third kappa shape index (κ3) is 3.20. The minimum Gasteiger partial charge on any atom is -0.506 e. The van der Waals surface area contributed by atoms with Crippen LogP contribution in [0.1, 0.15) is 16.8 Å². The average molecular weight is 284 g/mol. The second kappa shape index (κ2) is 6.09. The van der Waals surface area contributed by atoms with Crippen LogP contribution in [0.15, 0.2) is 48.6 Å². The first kappa shape index (κ1) is 14.6. The summed E-state index contributed by atoms with van der Waals surface area (Å²) in [7, 11) is 0. The van der Waals surface area contributed by atoms with Gasteiger partial charge in [0.2, 0.25) is 5.91 Å². The Bertz CT molecular complexity index is 723. The topological polar surface area (TPSA) is 92.4 Å². The third-order valence-corrected chi connectivity index (χ3v) is 3.21. The van der Waals surface area contributed by atoms with E-state index in [4.69, 9.17) is 5.73 Å². The SMILES string of the molecule is C=C(CCNC(=O)c1ccc2ccccc2c1O)C(N)=O. The molecule has 0 aliphatic rings. The number of nitrogens with one attached hydrogen (secondary N) is 1. The van der Waals surface area contributed by atoms with Crippen LogP contribution in [0, 0.1) is 0 Å². The highest BCUT2D eigenvalue weighted by atomic mass is 16.3. The predicted octanol–water partition coefficient (Wildman–Crippen LogP) is 1.71. The smallest absolute Gasteiger partial charge is 0.255 e. The van der Waals surface area contributed by atoms with Crippen molar-refractivity contribution in [3.05, 3.63) is 54.1 Å². The molecule has 0 spiro atoms. The molecule has 0 radical (unpaired) electrons. The van der Waals surface area contributed by atoms with E-state index in [0.29, 0.717) is 5.39 Å². The van der Waals surface area contributed by atoms with Gasteiger partial charge in [-0.15, -0.1) is 0 Å². The van der Waals surface area contributed by atoms with Crippen molar-refractivity contribution < 1.29 is 14.7 Å². The van der Waals surface area contributed by atoms with E-state index in [2.05, 4.69) is 11.9 Å². The molecule has 2 aromatic carbocycles. The Morgan fingerprint density at radius 2 is 1.90 bits per heavy atom. The van der Waals surface area contributed by atoms with Crippen LogP contribution in [0.4, 0.5) is 0 Å². The molecule has 0 saturated heterocycles. The number of aromatic hydroxyl groups is 1. The van der Waals surface area contributed by atoms with Crippen LogP contribution in [0.25, 0.3) is 10.8 Å². The standard InChI is InChI=1S/C16H16N2O3/c1-10(15(17)20)8-9-18-16(21)13-7-6-11-4-2-3-5-12(11)14(13)19/h2-7,19H,1,8-9H2,(H2,17,20)(H,18,21). The van der Waals surface area contributed by atoms with Crippen LogP contribution in [0.3, 0.4) is 0 Å². The molecule has 5 heteroatoms. The molecule has 0 fully saturated rings. The molecule has 4 N–H and O–H groups in total. The number of phenols is 1. The molecule has 0 atom stereocenters. The van der Waals surface area contributed by atoms with Gasteiger partial charge in [-0.1, -0.05) is 36.9 Å². The maximum atomic E-state index is 12.0. The van der Waals surface area contributed by atoms with Crippen molar-refractivity contribution in [3.63, 3.8) is 0 Å². The molecular weight excluding hydrogens is 268 g/mol. The number of amides is 2. The zero-order valence-electron chi connectivity index (χ0n) is 11.4. The fourth-order valence-corrected chi connectivity index (χ4v) is 1.98. The number of primary amides is 1. The second-order valence-corrected chi connectivity index (χ2v) is 4.66. The van der Waals surface area contributed by atoms with Crippen molar-refractivity contribution in [1.82, 2.24) is 5.32 Å². The normalized spacial score (nSPS) is 10.3. The quantitative estimate of drug-likeness (QED) is 0.730. The van der Waals surface area contributed by atoms with Gasteiger partial charge in [0.1, 0.15) is 5.75 Å². The minimum absolute atomic E-state index is 0.0562. The summed E-state index contributed by atoms with van der Waals surface area (Å²) < 4.78 is 0. The highest BCUT2D eigenvalue weighted by molar-refractivity contribution is 6.03. The first-order valence-corrected chi connectivity index (χ1v) is 6.47. The average Bonchev–Trinajstić information content (AvgIpc) is 2.47. The van der Waals surface area contributed by atoms with Gasteiger partial charge >= 0.3 is 0 Å². The Balaban J connectivity index is 2.11. The Morgan fingerprint density at radius 1 is 1.19 bits per heavy atom. The summed E-state index contributed by atoms with van der Waals surface area (Å²) >= 11 is 0. The maximum absolute atomic E-state index is 12.0. The second-order valence-electron chi connectivity index (χ2n) is 4.66. The largest absolute Gasteiger partial charge is 0.506 e. The van der Waals surface area contributed by atoms with Gasteiger partial charge in [0.15, 0.2) is 0 Å². The molecule has 0 unspecified atom stereocenters. The fraction of sp³-hybridized carbons (Fsp3) is 0.125. The van der Waals surface area contributed by atoms with E-state index in [9.17, 15) is 14.7 Å². The van der Waals surface area contributed by atoms with Crippen LogP contribution >= 0.6 is 0 Å². The van der Waals surface area contributed by atoms with Gasteiger partial charge in [-0.3, -0.25) is 9.59 Å². The Hall–Kier alpha value is -2.82. The van der Waals surface area contributed by atoms with Gasteiger partial charge in [-0.05, 0) is 17.9 Å². The Labute approximate surface area is 122 Å². The first-order chi connectivity index (χ1) is 10.0. The monoisotopic (exact) mass is 284 g/mol. The van der Waals surface area contributed by atoms with Gasteiger partial charge in [-0.2, -0.15) is 0 Å². The van der Waals surface area contributed by atoms with E-state index in [-0.39, 0.29) is 29.9 Å². The van der Waals surface area contributed by atoms with Crippen molar-refractivity contribution in [1.29, 1.82) is 0 Å². The summed E-state index contributed by atoms with van der Waals surface area (Å²) in [5, 5.41) is 14.3. The minimum atomic E-state index is -0.585. The first-order valence-electron chi connectivity index (χ1n) is 6.47. The van der Waals surface area contributed by atoms with Crippen LogP contribution < -0.4 is 11.1 Å². The number of carbonyl (C=O) groups excluding carboxylic acids is 2. The molecule has 0 aliphatic heterocycles. The number of rotatable bonds is 5. The molecule has 5 nitrogen and oxygen atoms in total. The van der Waals surface area contributed by atoms with E-state index in [1.807, 2.05) is 12.1 Å². The fourth-order valence-electron chi connectivity index (χ4n) is 1.98. The third-order valence-electron chi connectivity index (χ3n) is 3.21. The highest BCUT2D eigenvalue weighted by Gasteiger charge is 2.13. The number of nitrogens with two attached hydrogens (primary N) is 1. The van der Waals surface area contributed by atoms with Gasteiger partial charge in [-0.25, -0.2) is 0 Å². The van der Waals surface area contributed by atoms with Crippen LogP contribution in [0.5, 0.6) is 5.75 Å². The van der Waals surface area contributed by atoms with Gasteiger partial charge < -0.3 is 16.2 Å². The summed E-state index contributed by atoms with van der Waals surface area (Å²) in [5.74, 6) is -1.05. The predicted molar refractivity (Wildman–Crippen MR) is 80.9 cm³/mol. The molecule has 0 bridgehead atoms. The van der Waals surface area contributed by atoms with Crippen molar-refractivity contribution >= 4 is 22.6 Å². The van der Waals surface area contributed by atoms with Crippen molar-refractivity contribution in [2.75, 3.05) is 6.54 Å².